The van der Waals surface area contributed by atoms with Crippen LogP contribution < -0.4 is 10.6 Å². The molecule has 1 heterocycles. The second kappa shape index (κ2) is 6.99. The van der Waals surface area contributed by atoms with Gasteiger partial charge in [0.05, 0.1) is 23.1 Å². The molecule has 110 valence electrons. The SMILES string of the molecule is CCCNc1cncc(C(=O)Nc2c(F)cccc2Cl)n1. The smallest absolute Gasteiger partial charge is 0.276 e. The summed E-state index contributed by atoms with van der Waals surface area (Å²) in [6.07, 6.45) is 3.74. The van der Waals surface area contributed by atoms with E-state index in [-0.39, 0.29) is 16.4 Å². The molecule has 0 fully saturated rings. The summed E-state index contributed by atoms with van der Waals surface area (Å²) in [6.45, 7) is 2.73. The molecule has 1 aromatic carbocycles. The van der Waals surface area contributed by atoms with Gasteiger partial charge in [0, 0.05) is 6.54 Å². The van der Waals surface area contributed by atoms with Crippen LogP contribution in [0.2, 0.25) is 5.02 Å². The van der Waals surface area contributed by atoms with Gasteiger partial charge in [-0.1, -0.05) is 24.6 Å². The normalized spacial score (nSPS) is 10.2. The number of aromatic nitrogens is 2. The van der Waals surface area contributed by atoms with Crippen molar-refractivity contribution in [3.8, 4) is 0 Å². The molecule has 1 aromatic heterocycles. The molecule has 21 heavy (non-hydrogen) atoms. The molecule has 2 N–H and O–H groups in total. The van der Waals surface area contributed by atoms with Crippen LogP contribution in [-0.2, 0) is 0 Å². The van der Waals surface area contributed by atoms with Gasteiger partial charge in [0.15, 0.2) is 0 Å². The Morgan fingerprint density at radius 2 is 2.19 bits per heavy atom. The number of carbonyl (C=O) groups excluding carboxylic acids is 1. The van der Waals surface area contributed by atoms with E-state index in [1.165, 1.54) is 30.6 Å². The van der Waals surface area contributed by atoms with Gasteiger partial charge in [-0.3, -0.25) is 9.78 Å². The van der Waals surface area contributed by atoms with Gasteiger partial charge in [-0.2, -0.15) is 0 Å². The van der Waals surface area contributed by atoms with E-state index in [1.807, 2.05) is 6.92 Å². The zero-order valence-corrected chi connectivity index (χ0v) is 12.1. The summed E-state index contributed by atoms with van der Waals surface area (Å²) >= 11 is 5.86. The Morgan fingerprint density at radius 1 is 1.38 bits per heavy atom. The number of nitrogens with one attached hydrogen (secondary N) is 2. The highest BCUT2D eigenvalue weighted by Gasteiger charge is 2.14. The monoisotopic (exact) mass is 308 g/mol. The maximum atomic E-state index is 13.6. The van der Waals surface area contributed by atoms with Crippen molar-refractivity contribution < 1.29 is 9.18 Å². The molecule has 0 atom stereocenters. The first kappa shape index (κ1) is 15.2. The number of carbonyl (C=O) groups is 1. The molecule has 0 bridgehead atoms. The summed E-state index contributed by atoms with van der Waals surface area (Å²) < 4.78 is 13.6. The van der Waals surface area contributed by atoms with E-state index < -0.39 is 11.7 Å². The van der Waals surface area contributed by atoms with Crippen LogP contribution in [0.25, 0.3) is 0 Å². The maximum Gasteiger partial charge on any atom is 0.276 e. The summed E-state index contributed by atoms with van der Waals surface area (Å²) in [5, 5.41) is 5.55. The summed E-state index contributed by atoms with van der Waals surface area (Å²) in [5.74, 6) is -0.692. The Balaban J connectivity index is 2.17. The molecule has 2 rings (SSSR count). The van der Waals surface area contributed by atoms with Crippen molar-refractivity contribution in [2.75, 3.05) is 17.2 Å². The molecule has 0 aliphatic carbocycles. The lowest BCUT2D eigenvalue weighted by Crippen LogP contribution is -2.16. The lowest BCUT2D eigenvalue weighted by atomic mass is 10.3. The highest BCUT2D eigenvalue weighted by molar-refractivity contribution is 6.33. The van der Waals surface area contributed by atoms with Crippen LogP contribution in [0.5, 0.6) is 0 Å². The molecule has 0 spiro atoms. The maximum absolute atomic E-state index is 13.6. The van der Waals surface area contributed by atoms with Crippen LogP contribution in [0, 0.1) is 5.82 Å². The Labute approximate surface area is 126 Å². The second-order valence-corrected chi connectivity index (χ2v) is 4.67. The molecular formula is C14H14ClFN4O. The van der Waals surface area contributed by atoms with E-state index in [2.05, 4.69) is 20.6 Å². The predicted molar refractivity (Wildman–Crippen MR) is 80.2 cm³/mol. The van der Waals surface area contributed by atoms with Gasteiger partial charge < -0.3 is 10.6 Å². The molecule has 5 nitrogen and oxygen atoms in total. The summed E-state index contributed by atoms with van der Waals surface area (Å²) in [6, 6.07) is 4.17. The fraction of sp³-hybridized carbons (Fsp3) is 0.214. The average molecular weight is 309 g/mol. The number of amides is 1. The molecule has 7 heteroatoms. The summed E-state index contributed by atoms with van der Waals surface area (Å²) in [4.78, 5) is 20.1. The molecule has 0 radical (unpaired) electrons. The minimum atomic E-state index is -0.607. The van der Waals surface area contributed by atoms with Crippen LogP contribution in [0.4, 0.5) is 15.9 Å². The first-order valence-electron chi connectivity index (χ1n) is 6.43. The Hall–Kier alpha value is -2.21. The number of anilines is 2. The van der Waals surface area contributed by atoms with Gasteiger partial charge >= 0.3 is 0 Å². The minimum absolute atomic E-state index is 0.0714. The lowest BCUT2D eigenvalue weighted by Gasteiger charge is -2.09. The van der Waals surface area contributed by atoms with E-state index in [1.54, 1.807) is 0 Å². The van der Waals surface area contributed by atoms with Crippen LogP contribution in [0.1, 0.15) is 23.8 Å². The van der Waals surface area contributed by atoms with E-state index in [9.17, 15) is 9.18 Å². The van der Waals surface area contributed by atoms with Crippen molar-refractivity contribution in [3.05, 3.63) is 47.1 Å². The number of hydrogen-bond donors (Lipinski definition) is 2. The second-order valence-electron chi connectivity index (χ2n) is 4.27. The number of nitrogens with zero attached hydrogens (tertiary/aromatic N) is 2. The fourth-order valence-electron chi connectivity index (χ4n) is 1.61. The summed E-state index contributed by atoms with van der Waals surface area (Å²) in [7, 11) is 0. The van der Waals surface area contributed by atoms with Crippen LogP contribution in [-0.4, -0.2) is 22.4 Å². The highest BCUT2D eigenvalue weighted by atomic mass is 35.5. The zero-order chi connectivity index (χ0) is 15.2. The van der Waals surface area contributed by atoms with Gasteiger partial charge in [0.1, 0.15) is 17.3 Å². The van der Waals surface area contributed by atoms with Crippen molar-refractivity contribution in [1.82, 2.24) is 9.97 Å². The van der Waals surface area contributed by atoms with Crippen LogP contribution in [0.15, 0.2) is 30.6 Å². The van der Waals surface area contributed by atoms with Crippen molar-refractivity contribution in [2.24, 2.45) is 0 Å². The van der Waals surface area contributed by atoms with Crippen molar-refractivity contribution in [1.29, 1.82) is 0 Å². The van der Waals surface area contributed by atoms with E-state index >= 15 is 0 Å². The first-order valence-corrected chi connectivity index (χ1v) is 6.81. The zero-order valence-electron chi connectivity index (χ0n) is 11.4. The van der Waals surface area contributed by atoms with Crippen LogP contribution in [0.3, 0.4) is 0 Å². The van der Waals surface area contributed by atoms with Gasteiger partial charge in [-0.15, -0.1) is 0 Å². The predicted octanol–water partition coefficient (Wildman–Crippen LogP) is 3.34. The molecule has 0 saturated carbocycles. The molecule has 2 aromatic rings. The molecule has 0 aliphatic rings. The number of halogens is 2. The van der Waals surface area contributed by atoms with Gasteiger partial charge in [0.25, 0.3) is 5.91 Å². The lowest BCUT2D eigenvalue weighted by molar-refractivity contribution is 0.102. The van der Waals surface area contributed by atoms with Crippen molar-refractivity contribution in [2.45, 2.75) is 13.3 Å². The molecule has 0 saturated heterocycles. The Kier molecular flexibility index (Phi) is 5.05. The topological polar surface area (TPSA) is 66.9 Å². The number of hydrogen-bond acceptors (Lipinski definition) is 4. The number of para-hydroxylation sites is 1. The Morgan fingerprint density at radius 3 is 2.90 bits per heavy atom. The van der Waals surface area contributed by atoms with E-state index in [0.29, 0.717) is 5.82 Å². The van der Waals surface area contributed by atoms with E-state index in [0.717, 1.165) is 13.0 Å². The number of rotatable bonds is 5. The standard InChI is InChI=1S/C14H14ClFN4O/c1-2-6-18-12-8-17-7-11(19-12)14(21)20-13-9(15)4-3-5-10(13)16/h3-5,7-8H,2,6H2,1H3,(H,18,19)(H,20,21). The molecular weight excluding hydrogens is 295 g/mol. The van der Waals surface area contributed by atoms with Crippen molar-refractivity contribution >= 4 is 29.0 Å². The third kappa shape index (κ3) is 3.88. The third-order valence-corrected chi connectivity index (χ3v) is 2.94. The fourth-order valence-corrected chi connectivity index (χ4v) is 1.82. The summed E-state index contributed by atoms with van der Waals surface area (Å²) in [5.41, 5.74) is 0.00769. The van der Waals surface area contributed by atoms with Crippen LogP contribution >= 0.6 is 11.6 Å². The largest absolute Gasteiger partial charge is 0.369 e. The molecule has 0 aliphatic heterocycles. The highest BCUT2D eigenvalue weighted by Crippen LogP contribution is 2.24. The van der Waals surface area contributed by atoms with Gasteiger partial charge in [0.2, 0.25) is 0 Å². The Bertz CT molecular complexity index is 630. The third-order valence-electron chi connectivity index (χ3n) is 2.62. The van der Waals surface area contributed by atoms with E-state index in [4.69, 9.17) is 11.6 Å². The quantitative estimate of drug-likeness (QED) is 0.889. The molecule has 1 amide bonds. The average Bonchev–Trinajstić information content (AvgIpc) is 2.49. The molecule has 0 unspecified atom stereocenters. The van der Waals surface area contributed by atoms with Gasteiger partial charge in [-0.25, -0.2) is 9.37 Å². The number of benzene rings is 1. The minimum Gasteiger partial charge on any atom is -0.369 e. The van der Waals surface area contributed by atoms with Crippen molar-refractivity contribution in [3.63, 3.8) is 0 Å². The van der Waals surface area contributed by atoms with Gasteiger partial charge in [-0.05, 0) is 18.6 Å². The first-order chi connectivity index (χ1) is 10.1.